The molecule has 0 amide bonds. The lowest BCUT2D eigenvalue weighted by atomic mass is 10.1. The van der Waals surface area contributed by atoms with Crippen molar-refractivity contribution in [2.75, 3.05) is 13.7 Å². The second kappa shape index (κ2) is 5.46. The Hall–Kier alpha value is -1.62. The van der Waals surface area contributed by atoms with Gasteiger partial charge in [-0.3, -0.25) is 0 Å². The van der Waals surface area contributed by atoms with E-state index in [4.69, 9.17) is 4.74 Å². The maximum absolute atomic E-state index is 12.9. The van der Waals surface area contributed by atoms with Crippen LogP contribution < -0.4 is 4.74 Å². The summed E-state index contributed by atoms with van der Waals surface area (Å²) in [6.45, 7) is 1.21. The molecule has 0 heterocycles. The number of benzene rings is 1. The predicted octanol–water partition coefficient (Wildman–Crippen LogP) is 1.43. The van der Waals surface area contributed by atoms with Gasteiger partial charge < -0.3 is 14.6 Å². The molecule has 0 aliphatic heterocycles. The maximum atomic E-state index is 12.9. The van der Waals surface area contributed by atoms with Crippen LogP contribution in [-0.2, 0) is 9.53 Å². The molecule has 1 aromatic rings. The van der Waals surface area contributed by atoms with Gasteiger partial charge >= 0.3 is 5.97 Å². The quantitative estimate of drug-likeness (QED) is 0.792. The highest BCUT2D eigenvalue weighted by Gasteiger charge is 2.11. The van der Waals surface area contributed by atoms with Crippen LogP contribution in [-0.4, -0.2) is 24.8 Å². The summed E-state index contributed by atoms with van der Waals surface area (Å²) in [6, 6.07) is 3.74. The molecule has 0 aromatic heterocycles. The van der Waals surface area contributed by atoms with E-state index in [1.54, 1.807) is 0 Å². The summed E-state index contributed by atoms with van der Waals surface area (Å²) >= 11 is 0. The van der Waals surface area contributed by atoms with Gasteiger partial charge in [0.15, 0.2) is 6.61 Å². The van der Waals surface area contributed by atoms with Crippen molar-refractivity contribution in [3.05, 3.63) is 29.6 Å². The summed E-state index contributed by atoms with van der Waals surface area (Å²) in [4.78, 5) is 10.8. The highest BCUT2D eigenvalue weighted by Crippen LogP contribution is 2.25. The smallest absolute Gasteiger partial charge is 0.343 e. The molecule has 0 aliphatic carbocycles. The molecule has 0 saturated heterocycles. The number of hydrogen-bond donors (Lipinski definition) is 1. The third-order valence-electron chi connectivity index (χ3n) is 2.00. The van der Waals surface area contributed by atoms with Crippen LogP contribution in [0.5, 0.6) is 5.75 Å². The van der Waals surface area contributed by atoms with E-state index in [0.29, 0.717) is 5.56 Å². The molecule has 0 spiro atoms. The number of carbonyl (C=O) groups excluding carboxylic acids is 1. The fourth-order valence-corrected chi connectivity index (χ4v) is 1.17. The maximum Gasteiger partial charge on any atom is 0.343 e. The molecule has 0 aliphatic rings. The molecule has 88 valence electrons. The molecule has 0 fully saturated rings. The summed E-state index contributed by atoms with van der Waals surface area (Å²) in [6.07, 6.45) is -0.798. The number of halogens is 1. The second-order valence-corrected chi connectivity index (χ2v) is 3.22. The normalized spacial score (nSPS) is 12.0. The third-order valence-corrected chi connectivity index (χ3v) is 2.00. The van der Waals surface area contributed by atoms with E-state index >= 15 is 0 Å². The van der Waals surface area contributed by atoms with Gasteiger partial charge in [0.25, 0.3) is 0 Å². The Bertz CT molecular complexity index is 376. The van der Waals surface area contributed by atoms with E-state index in [9.17, 15) is 14.3 Å². The Balaban J connectivity index is 2.84. The van der Waals surface area contributed by atoms with Crippen molar-refractivity contribution < 1.29 is 23.8 Å². The second-order valence-electron chi connectivity index (χ2n) is 3.22. The van der Waals surface area contributed by atoms with Crippen LogP contribution in [0.15, 0.2) is 18.2 Å². The first kappa shape index (κ1) is 12.4. The summed E-state index contributed by atoms with van der Waals surface area (Å²) in [7, 11) is 1.23. The Morgan fingerprint density at radius 2 is 2.25 bits per heavy atom. The van der Waals surface area contributed by atoms with E-state index in [1.165, 1.54) is 26.2 Å². The molecule has 1 rings (SSSR count). The zero-order valence-electron chi connectivity index (χ0n) is 9.07. The van der Waals surface area contributed by atoms with Crippen molar-refractivity contribution in [1.29, 1.82) is 0 Å². The van der Waals surface area contributed by atoms with Crippen LogP contribution in [0, 0.1) is 5.82 Å². The molecule has 16 heavy (non-hydrogen) atoms. The van der Waals surface area contributed by atoms with Crippen LogP contribution in [0.4, 0.5) is 4.39 Å². The largest absolute Gasteiger partial charge is 0.481 e. The van der Waals surface area contributed by atoms with Crippen molar-refractivity contribution in [3.63, 3.8) is 0 Å². The van der Waals surface area contributed by atoms with Crippen LogP contribution in [0.1, 0.15) is 18.6 Å². The number of aliphatic hydroxyl groups is 1. The first-order chi connectivity index (χ1) is 7.54. The molecular weight excluding hydrogens is 215 g/mol. The lowest BCUT2D eigenvalue weighted by molar-refractivity contribution is -0.142. The van der Waals surface area contributed by atoms with E-state index in [0.717, 1.165) is 6.07 Å². The molecule has 0 radical (unpaired) electrons. The number of carbonyl (C=O) groups is 1. The molecule has 0 bridgehead atoms. The summed E-state index contributed by atoms with van der Waals surface area (Å²) in [5.74, 6) is -0.925. The molecule has 1 atom stereocenters. The SMILES string of the molecule is COC(=O)COc1cc(F)ccc1[C@@H](C)O. The first-order valence-electron chi connectivity index (χ1n) is 4.71. The number of esters is 1. The van der Waals surface area contributed by atoms with Gasteiger partial charge in [-0.25, -0.2) is 9.18 Å². The Morgan fingerprint density at radius 3 is 2.81 bits per heavy atom. The molecule has 1 aromatic carbocycles. The van der Waals surface area contributed by atoms with Crippen molar-refractivity contribution in [2.45, 2.75) is 13.0 Å². The number of aliphatic hydroxyl groups excluding tert-OH is 1. The monoisotopic (exact) mass is 228 g/mol. The lowest BCUT2D eigenvalue weighted by Gasteiger charge is -2.12. The van der Waals surface area contributed by atoms with E-state index in [1.807, 2.05) is 0 Å². The Labute approximate surface area is 92.6 Å². The zero-order chi connectivity index (χ0) is 12.1. The fourth-order valence-electron chi connectivity index (χ4n) is 1.17. The van der Waals surface area contributed by atoms with Gasteiger partial charge in [0.05, 0.1) is 13.2 Å². The van der Waals surface area contributed by atoms with Gasteiger partial charge in [-0.2, -0.15) is 0 Å². The molecule has 5 heteroatoms. The Morgan fingerprint density at radius 1 is 1.56 bits per heavy atom. The molecule has 1 N–H and O–H groups in total. The van der Waals surface area contributed by atoms with Crippen LogP contribution in [0.2, 0.25) is 0 Å². The van der Waals surface area contributed by atoms with Gasteiger partial charge in [0.2, 0.25) is 0 Å². The van der Waals surface area contributed by atoms with E-state index in [2.05, 4.69) is 4.74 Å². The van der Waals surface area contributed by atoms with Crippen molar-refractivity contribution in [2.24, 2.45) is 0 Å². The predicted molar refractivity (Wildman–Crippen MR) is 54.5 cm³/mol. The average molecular weight is 228 g/mol. The van der Waals surface area contributed by atoms with Gasteiger partial charge in [-0.05, 0) is 19.1 Å². The minimum atomic E-state index is -0.798. The topological polar surface area (TPSA) is 55.8 Å². The van der Waals surface area contributed by atoms with Crippen molar-refractivity contribution >= 4 is 5.97 Å². The highest BCUT2D eigenvalue weighted by atomic mass is 19.1. The number of hydrogen-bond acceptors (Lipinski definition) is 4. The number of ether oxygens (including phenoxy) is 2. The van der Waals surface area contributed by atoms with E-state index < -0.39 is 17.9 Å². The fraction of sp³-hybridized carbons (Fsp3) is 0.364. The van der Waals surface area contributed by atoms with Gasteiger partial charge in [0, 0.05) is 11.6 Å². The molecule has 0 unspecified atom stereocenters. The van der Waals surface area contributed by atoms with Crippen molar-refractivity contribution in [1.82, 2.24) is 0 Å². The third kappa shape index (κ3) is 3.20. The molecule has 0 saturated carbocycles. The summed E-state index contributed by atoms with van der Waals surface area (Å²) < 4.78 is 22.4. The summed E-state index contributed by atoms with van der Waals surface area (Å²) in [5, 5.41) is 9.40. The molecular formula is C11H13FO4. The van der Waals surface area contributed by atoms with Crippen LogP contribution >= 0.6 is 0 Å². The van der Waals surface area contributed by atoms with Crippen LogP contribution in [0.3, 0.4) is 0 Å². The highest BCUT2D eigenvalue weighted by molar-refractivity contribution is 5.70. The minimum Gasteiger partial charge on any atom is -0.481 e. The van der Waals surface area contributed by atoms with Gasteiger partial charge in [-0.15, -0.1) is 0 Å². The Kier molecular flexibility index (Phi) is 4.25. The average Bonchev–Trinajstić information content (AvgIpc) is 2.25. The van der Waals surface area contributed by atoms with Crippen molar-refractivity contribution in [3.8, 4) is 5.75 Å². The summed E-state index contributed by atoms with van der Waals surface area (Å²) in [5.41, 5.74) is 0.422. The number of methoxy groups -OCH3 is 1. The van der Waals surface area contributed by atoms with Crippen LogP contribution in [0.25, 0.3) is 0 Å². The van der Waals surface area contributed by atoms with Gasteiger partial charge in [0.1, 0.15) is 11.6 Å². The first-order valence-corrected chi connectivity index (χ1v) is 4.71. The zero-order valence-corrected chi connectivity index (χ0v) is 9.07. The number of rotatable bonds is 4. The minimum absolute atomic E-state index is 0.139. The standard InChI is InChI=1S/C11H13FO4/c1-7(13)9-4-3-8(12)5-10(9)16-6-11(14)15-2/h3-5,7,13H,6H2,1-2H3/t7-/m1/s1. The lowest BCUT2D eigenvalue weighted by Crippen LogP contribution is -2.13. The van der Waals surface area contributed by atoms with Gasteiger partial charge in [-0.1, -0.05) is 0 Å². The molecule has 4 nitrogen and oxygen atoms in total. The van der Waals surface area contributed by atoms with E-state index in [-0.39, 0.29) is 12.4 Å².